The Hall–Kier alpha value is -5.34. The minimum atomic E-state index is -0.0906. The fraction of sp³-hybridized carbons (Fsp3) is 0.500. The molecule has 0 bridgehead atoms. The zero-order chi connectivity index (χ0) is 58.1. The summed E-state index contributed by atoms with van der Waals surface area (Å²) in [5.74, 6) is 0. The largest absolute Gasteiger partial charge is 0.309 e. The van der Waals surface area contributed by atoms with Gasteiger partial charge in [0.05, 0.1) is 11.4 Å². The highest BCUT2D eigenvalue weighted by Crippen LogP contribution is 2.54. The van der Waals surface area contributed by atoms with Crippen molar-refractivity contribution in [3.05, 3.63) is 165 Å². The summed E-state index contributed by atoms with van der Waals surface area (Å²) in [6.45, 7) is 59.3. The third-order valence-electron chi connectivity index (χ3n) is 16.4. The summed E-state index contributed by atoms with van der Waals surface area (Å²) >= 11 is 0. The standard InChI is InChI=1S/C76H104N2/c1-26-27-28-29-32-50-35-36-65-66(37-50)68(78(61-46-55(73(14,15)16)40-56(47-61)74(17,18)19)62-48-57(75(20,21)22)41-58(49-62)76(23,24)25)64-34-31-30-33-63(64)67(65)77(59-42-51(69(2,3)4)38-52(43-59)70(5,6)7)60-44-53(71(8,9)10)39-54(45-60)72(11,12)13/h30-31,33-49H,26-29,32H2,1-25H3. The number of benzene rings is 7. The molecule has 0 aliphatic carbocycles. The third kappa shape index (κ3) is 13.3. The lowest BCUT2D eigenvalue weighted by molar-refractivity contribution is 0.567. The molecule has 0 aromatic heterocycles. The second-order valence-electron chi connectivity index (χ2n) is 31.7. The maximum absolute atomic E-state index is 2.70. The van der Waals surface area contributed by atoms with Crippen LogP contribution in [-0.4, -0.2) is 0 Å². The summed E-state index contributed by atoms with van der Waals surface area (Å²) in [4.78, 5) is 5.38. The van der Waals surface area contributed by atoms with Crippen LogP contribution < -0.4 is 9.80 Å². The number of hydrogen-bond donors (Lipinski definition) is 0. The van der Waals surface area contributed by atoms with Gasteiger partial charge in [0.1, 0.15) is 0 Å². The molecule has 0 radical (unpaired) electrons. The van der Waals surface area contributed by atoms with Crippen LogP contribution in [0, 0.1) is 0 Å². The van der Waals surface area contributed by atoms with Crippen molar-refractivity contribution in [2.75, 3.05) is 9.80 Å². The van der Waals surface area contributed by atoms with Crippen LogP contribution in [0.25, 0.3) is 21.5 Å². The molecular formula is C76H104N2. The summed E-state index contributed by atoms with van der Waals surface area (Å²) < 4.78 is 0. The predicted molar refractivity (Wildman–Crippen MR) is 348 cm³/mol. The van der Waals surface area contributed by atoms with Gasteiger partial charge in [0, 0.05) is 44.3 Å². The second kappa shape index (κ2) is 21.3. The van der Waals surface area contributed by atoms with E-state index < -0.39 is 0 Å². The monoisotopic (exact) mass is 1040 g/mol. The van der Waals surface area contributed by atoms with Crippen molar-refractivity contribution in [2.24, 2.45) is 0 Å². The molecule has 7 rings (SSSR count). The highest BCUT2D eigenvalue weighted by molar-refractivity contribution is 6.23. The minimum absolute atomic E-state index is 0.0896. The molecule has 0 aliphatic heterocycles. The van der Waals surface area contributed by atoms with Gasteiger partial charge in [-0.05, 0) is 161 Å². The highest BCUT2D eigenvalue weighted by Gasteiger charge is 2.33. The summed E-state index contributed by atoms with van der Waals surface area (Å²) in [5.41, 5.74) is 18.6. The quantitative estimate of drug-likeness (QED) is 0.0724. The van der Waals surface area contributed by atoms with Crippen LogP contribution in [0.2, 0.25) is 0 Å². The molecule has 78 heavy (non-hydrogen) atoms. The van der Waals surface area contributed by atoms with E-state index in [0.29, 0.717) is 0 Å². The van der Waals surface area contributed by atoms with E-state index in [2.05, 4.69) is 298 Å². The van der Waals surface area contributed by atoms with Crippen LogP contribution in [0.15, 0.2) is 115 Å². The molecule has 2 heteroatoms. The lowest BCUT2D eigenvalue weighted by atomic mass is 9.79. The first-order chi connectivity index (χ1) is 35.7. The van der Waals surface area contributed by atoms with Crippen molar-refractivity contribution >= 4 is 55.7 Å². The van der Waals surface area contributed by atoms with Gasteiger partial charge >= 0.3 is 0 Å². The van der Waals surface area contributed by atoms with Crippen molar-refractivity contribution in [3.63, 3.8) is 0 Å². The first kappa shape index (κ1) is 60.3. The lowest BCUT2D eigenvalue weighted by Gasteiger charge is -2.37. The zero-order valence-corrected chi connectivity index (χ0v) is 53.9. The van der Waals surface area contributed by atoms with Crippen LogP contribution in [0.3, 0.4) is 0 Å². The maximum Gasteiger partial charge on any atom is 0.0620 e. The molecule has 2 nitrogen and oxygen atoms in total. The fourth-order valence-electron chi connectivity index (χ4n) is 10.8. The molecule has 7 aromatic rings. The van der Waals surface area contributed by atoms with Crippen LogP contribution >= 0.6 is 0 Å². The Kier molecular flexibility index (Phi) is 16.5. The summed E-state index contributed by atoms with van der Waals surface area (Å²) in [7, 11) is 0. The molecule has 418 valence electrons. The second-order valence-corrected chi connectivity index (χ2v) is 31.7. The van der Waals surface area contributed by atoms with E-state index in [-0.39, 0.29) is 43.3 Å². The molecule has 7 aromatic carbocycles. The summed E-state index contributed by atoms with van der Waals surface area (Å²) in [5, 5.41) is 4.97. The van der Waals surface area contributed by atoms with Gasteiger partial charge in [-0.15, -0.1) is 0 Å². The molecule has 0 saturated carbocycles. The van der Waals surface area contributed by atoms with E-state index in [1.165, 1.54) is 131 Å². The fourth-order valence-corrected chi connectivity index (χ4v) is 10.8. The maximum atomic E-state index is 2.70. The van der Waals surface area contributed by atoms with E-state index in [9.17, 15) is 0 Å². The number of anilines is 6. The summed E-state index contributed by atoms with van der Waals surface area (Å²) in [6.07, 6.45) is 5.91. The van der Waals surface area contributed by atoms with Gasteiger partial charge in [-0.3, -0.25) is 0 Å². The van der Waals surface area contributed by atoms with Gasteiger partial charge in [-0.25, -0.2) is 0 Å². The van der Waals surface area contributed by atoms with Crippen LogP contribution in [0.4, 0.5) is 34.1 Å². The van der Waals surface area contributed by atoms with Crippen LogP contribution in [-0.2, 0) is 49.7 Å². The average Bonchev–Trinajstić information content (AvgIpc) is 3.53. The molecule has 0 saturated heterocycles. The Morgan fingerprint density at radius 2 is 0.526 bits per heavy atom. The van der Waals surface area contributed by atoms with E-state index in [4.69, 9.17) is 0 Å². The van der Waals surface area contributed by atoms with Crippen molar-refractivity contribution < 1.29 is 0 Å². The van der Waals surface area contributed by atoms with Crippen molar-refractivity contribution in [1.82, 2.24) is 0 Å². The molecule has 0 unspecified atom stereocenters. The lowest BCUT2D eigenvalue weighted by Crippen LogP contribution is -2.22. The number of rotatable bonds is 11. The Labute approximate surface area is 476 Å². The van der Waals surface area contributed by atoms with Crippen molar-refractivity contribution in [2.45, 2.75) is 249 Å². The SMILES string of the molecule is CCCCCCc1ccc2c(N(c3cc(C(C)(C)C)cc(C(C)(C)C)c3)c3cc(C(C)(C)C)cc(C(C)(C)C)c3)c3ccccc3c(N(c3cc(C(C)(C)C)cc(C(C)(C)C)c3)c3cc(C(C)(C)C)cc(C(C)(C)C)c3)c2c1. The predicted octanol–water partition coefficient (Wildman–Crippen LogP) is 23.4. The molecule has 0 aliphatic rings. The molecule has 0 fully saturated rings. The zero-order valence-electron chi connectivity index (χ0n) is 53.9. The minimum Gasteiger partial charge on any atom is -0.309 e. The Morgan fingerprint density at radius 3 is 0.782 bits per heavy atom. The molecule has 0 N–H and O–H groups in total. The van der Waals surface area contributed by atoms with Crippen LogP contribution in [0.5, 0.6) is 0 Å². The van der Waals surface area contributed by atoms with Gasteiger partial charge in [0.2, 0.25) is 0 Å². The van der Waals surface area contributed by atoms with Crippen molar-refractivity contribution in [3.8, 4) is 0 Å². The molecule has 0 heterocycles. The molecule has 0 amide bonds. The van der Waals surface area contributed by atoms with Gasteiger partial charge in [-0.1, -0.05) is 253 Å². The molecular weight excluding hydrogens is 941 g/mol. The third-order valence-corrected chi connectivity index (χ3v) is 16.4. The van der Waals surface area contributed by atoms with E-state index >= 15 is 0 Å². The number of hydrogen-bond acceptors (Lipinski definition) is 2. The first-order valence-corrected chi connectivity index (χ1v) is 29.9. The molecule has 0 spiro atoms. The number of nitrogens with zero attached hydrogens (tertiary/aromatic N) is 2. The highest BCUT2D eigenvalue weighted by atomic mass is 15.2. The number of unbranched alkanes of at least 4 members (excludes halogenated alkanes) is 3. The van der Waals surface area contributed by atoms with E-state index in [1.54, 1.807) is 0 Å². The van der Waals surface area contributed by atoms with E-state index in [1.807, 2.05) is 0 Å². The molecule has 0 atom stereocenters. The number of fused-ring (bicyclic) bond motifs is 2. The first-order valence-electron chi connectivity index (χ1n) is 29.9. The topological polar surface area (TPSA) is 6.48 Å². The van der Waals surface area contributed by atoms with E-state index in [0.717, 1.165) is 6.42 Å². The Balaban J connectivity index is 1.80. The van der Waals surface area contributed by atoms with Gasteiger partial charge in [-0.2, -0.15) is 0 Å². The van der Waals surface area contributed by atoms with Gasteiger partial charge in [0.15, 0.2) is 0 Å². The Morgan fingerprint density at radius 1 is 0.269 bits per heavy atom. The van der Waals surface area contributed by atoms with Crippen LogP contribution in [0.1, 0.15) is 249 Å². The van der Waals surface area contributed by atoms with Gasteiger partial charge in [0.25, 0.3) is 0 Å². The Bertz CT molecular complexity index is 3000. The number of aryl methyl sites for hydroxylation is 1. The summed E-state index contributed by atoms with van der Waals surface area (Å²) in [6, 6.07) is 47.0. The van der Waals surface area contributed by atoms with Gasteiger partial charge < -0.3 is 9.80 Å². The normalized spacial score (nSPS) is 13.4. The smallest absolute Gasteiger partial charge is 0.0620 e. The van der Waals surface area contributed by atoms with Crippen molar-refractivity contribution in [1.29, 1.82) is 0 Å². The average molecular weight is 1050 g/mol.